The Hall–Kier alpha value is -1.10. The summed E-state index contributed by atoms with van der Waals surface area (Å²) in [4.78, 5) is 26.7. The summed E-state index contributed by atoms with van der Waals surface area (Å²) in [6.07, 6.45) is 0.968. The molecule has 0 aliphatic carbocycles. The van der Waals surface area contributed by atoms with Gasteiger partial charge in [-0.3, -0.25) is 9.59 Å². The van der Waals surface area contributed by atoms with E-state index in [9.17, 15) is 9.59 Å². The molecule has 2 amide bonds. The van der Waals surface area contributed by atoms with Crippen molar-refractivity contribution in [3.05, 3.63) is 0 Å². The lowest BCUT2D eigenvalue weighted by molar-refractivity contribution is -0.139. The fraction of sp³-hybridized carbons (Fsp3) is 0.818. The predicted molar refractivity (Wildman–Crippen MR) is 59.9 cm³/mol. The Labute approximate surface area is 96.3 Å². The number of ether oxygens (including phenoxy) is 1. The molecule has 0 aromatic carbocycles. The Bertz CT molecular complexity index is 248. The summed E-state index contributed by atoms with van der Waals surface area (Å²) in [5.41, 5.74) is 0. The maximum absolute atomic E-state index is 11.6. The van der Waals surface area contributed by atoms with Crippen molar-refractivity contribution in [1.29, 1.82) is 0 Å². The van der Waals surface area contributed by atoms with Gasteiger partial charge in [0.25, 0.3) is 0 Å². The quantitative estimate of drug-likeness (QED) is 0.686. The minimum Gasteiger partial charge on any atom is -0.384 e. The molecule has 0 radical (unpaired) electrons. The summed E-state index contributed by atoms with van der Waals surface area (Å²) < 4.78 is 4.87. The zero-order chi connectivity index (χ0) is 12.0. The van der Waals surface area contributed by atoms with Gasteiger partial charge in [0.2, 0.25) is 11.8 Å². The van der Waals surface area contributed by atoms with Gasteiger partial charge in [0.05, 0.1) is 13.0 Å². The van der Waals surface area contributed by atoms with Crippen LogP contribution in [-0.4, -0.2) is 61.5 Å². The normalized spacial score (nSPS) is 16.4. The standard InChI is InChI=1S/C11H20N2O3/c1-3-10(14)12-5-7-13(8-6-12)11(15)4-9-16-2/h3-9H2,1-2H3. The van der Waals surface area contributed by atoms with E-state index < -0.39 is 0 Å². The molecule has 0 bridgehead atoms. The average Bonchev–Trinajstić information content (AvgIpc) is 2.35. The second-order valence-corrected chi connectivity index (χ2v) is 3.86. The van der Waals surface area contributed by atoms with Crippen LogP contribution in [0.15, 0.2) is 0 Å². The Balaban J connectivity index is 2.31. The number of methoxy groups -OCH3 is 1. The molecule has 0 saturated carbocycles. The third-order valence-corrected chi connectivity index (χ3v) is 2.81. The van der Waals surface area contributed by atoms with Crippen LogP contribution in [0.5, 0.6) is 0 Å². The van der Waals surface area contributed by atoms with Crippen LogP contribution in [0.25, 0.3) is 0 Å². The van der Waals surface area contributed by atoms with Crippen molar-refractivity contribution in [2.75, 3.05) is 39.9 Å². The predicted octanol–water partition coefficient (Wildman–Crippen LogP) is 0.104. The number of nitrogens with zero attached hydrogens (tertiary/aromatic N) is 2. The van der Waals surface area contributed by atoms with E-state index >= 15 is 0 Å². The molecule has 5 nitrogen and oxygen atoms in total. The monoisotopic (exact) mass is 228 g/mol. The van der Waals surface area contributed by atoms with Crippen LogP contribution in [0, 0.1) is 0 Å². The van der Waals surface area contributed by atoms with Gasteiger partial charge in [-0.2, -0.15) is 0 Å². The number of amides is 2. The molecule has 0 aromatic rings. The topological polar surface area (TPSA) is 49.9 Å². The number of rotatable bonds is 4. The van der Waals surface area contributed by atoms with Crippen molar-refractivity contribution in [2.24, 2.45) is 0 Å². The minimum atomic E-state index is 0.116. The molecule has 92 valence electrons. The summed E-state index contributed by atoms with van der Waals surface area (Å²) in [7, 11) is 1.59. The summed E-state index contributed by atoms with van der Waals surface area (Å²) in [5.74, 6) is 0.287. The fourth-order valence-corrected chi connectivity index (χ4v) is 1.78. The van der Waals surface area contributed by atoms with E-state index in [1.54, 1.807) is 12.0 Å². The molecule has 1 heterocycles. The SMILES string of the molecule is CCC(=O)N1CCN(C(=O)CCOC)CC1. The van der Waals surface area contributed by atoms with E-state index in [0.717, 1.165) is 0 Å². The van der Waals surface area contributed by atoms with Gasteiger partial charge in [0.1, 0.15) is 0 Å². The molecular weight excluding hydrogens is 208 g/mol. The van der Waals surface area contributed by atoms with Gasteiger partial charge in [-0.15, -0.1) is 0 Å². The highest BCUT2D eigenvalue weighted by Gasteiger charge is 2.22. The maximum Gasteiger partial charge on any atom is 0.225 e. The number of piperazine rings is 1. The van der Waals surface area contributed by atoms with Crippen molar-refractivity contribution in [3.63, 3.8) is 0 Å². The van der Waals surface area contributed by atoms with Gasteiger partial charge in [0, 0.05) is 39.7 Å². The highest BCUT2D eigenvalue weighted by Crippen LogP contribution is 2.05. The lowest BCUT2D eigenvalue weighted by Crippen LogP contribution is -2.50. The van der Waals surface area contributed by atoms with Crippen LogP contribution in [-0.2, 0) is 14.3 Å². The van der Waals surface area contributed by atoms with E-state index in [2.05, 4.69) is 0 Å². The van der Waals surface area contributed by atoms with Crippen LogP contribution in [0.3, 0.4) is 0 Å². The molecule has 1 aliphatic heterocycles. The number of carbonyl (C=O) groups is 2. The molecule has 1 aliphatic rings. The van der Waals surface area contributed by atoms with Crippen molar-refractivity contribution >= 4 is 11.8 Å². The largest absolute Gasteiger partial charge is 0.384 e. The highest BCUT2D eigenvalue weighted by atomic mass is 16.5. The number of hydrogen-bond donors (Lipinski definition) is 0. The van der Waals surface area contributed by atoms with Crippen molar-refractivity contribution in [3.8, 4) is 0 Å². The van der Waals surface area contributed by atoms with Gasteiger partial charge in [0.15, 0.2) is 0 Å². The first-order valence-corrected chi connectivity index (χ1v) is 5.73. The molecule has 16 heavy (non-hydrogen) atoms. The van der Waals surface area contributed by atoms with E-state index in [1.807, 2.05) is 11.8 Å². The molecule has 5 heteroatoms. The second kappa shape index (κ2) is 6.48. The third-order valence-electron chi connectivity index (χ3n) is 2.81. The molecule has 0 unspecified atom stereocenters. The van der Waals surface area contributed by atoms with Crippen LogP contribution in [0.1, 0.15) is 19.8 Å². The summed E-state index contributed by atoms with van der Waals surface area (Å²) in [5, 5.41) is 0. The molecule has 0 atom stereocenters. The lowest BCUT2D eigenvalue weighted by Gasteiger charge is -2.34. The lowest BCUT2D eigenvalue weighted by atomic mass is 10.2. The van der Waals surface area contributed by atoms with Crippen LogP contribution in [0.4, 0.5) is 0 Å². The smallest absolute Gasteiger partial charge is 0.225 e. The molecule has 1 saturated heterocycles. The van der Waals surface area contributed by atoms with Crippen LogP contribution >= 0.6 is 0 Å². The first-order chi connectivity index (χ1) is 7.69. The maximum atomic E-state index is 11.6. The minimum absolute atomic E-state index is 0.116. The van der Waals surface area contributed by atoms with Crippen molar-refractivity contribution < 1.29 is 14.3 Å². The molecule has 1 fully saturated rings. The first-order valence-electron chi connectivity index (χ1n) is 5.73. The van der Waals surface area contributed by atoms with Crippen LogP contribution in [0.2, 0.25) is 0 Å². The molecule has 0 N–H and O–H groups in total. The Morgan fingerprint density at radius 1 is 1.06 bits per heavy atom. The van der Waals surface area contributed by atoms with E-state index in [1.165, 1.54) is 0 Å². The number of carbonyl (C=O) groups excluding carboxylic acids is 2. The zero-order valence-electron chi connectivity index (χ0n) is 10.1. The van der Waals surface area contributed by atoms with E-state index in [0.29, 0.717) is 45.6 Å². The number of hydrogen-bond acceptors (Lipinski definition) is 3. The van der Waals surface area contributed by atoms with Gasteiger partial charge < -0.3 is 14.5 Å². The first kappa shape index (κ1) is 13.0. The van der Waals surface area contributed by atoms with Gasteiger partial charge in [-0.05, 0) is 0 Å². The Morgan fingerprint density at radius 2 is 1.56 bits per heavy atom. The molecular formula is C11H20N2O3. The Morgan fingerprint density at radius 3 is 2.00 bits per heavy atom. The molecule has 0 aromatic heterocycles. The average molecular weight is 228 g/mol. The van der Waals surface area contributed by atoms with Gasteiger partial charge >= 0.3 is 0 Å². The zero-order valence-corrected chi connectivity index (χ0v) is 10.1. The third kappa shape index (κ3) is 3.48. The Kier molecular flexibility index (Phi) is 5.25. The molecule has 0 spiro atoms. The van der Waals surface area contributed by atoms with Crippen molar-refractivity contribution in [2.45, 2.75) is 19.8 Å². The van der Waals surface area contributed by atoms with E-state index in [4.69, 9.17) is 4.74 Å². The summed E-state index contributed by atoms with van der Waals surface area (Å²) >= 11 is 0. The highest BCUT2D eigenvalue weighted by molar-refractivity contribution is 5.78. The van der Waals surface area contributed by atoms with Crippen LogP contribution < -0.4 is 0 Å². The summed E-state index contributed by atoms with van der Waals surface area (Å²) in [6, 6.07) is 0. The summed E-state index contributed by atoms with van der Waals surface area (Å²) in [6.45, 7) is 4.94. The van der Waals surface area contributed by atoms with E-state index in [-0.39, 0.29) is 11.8 Å². The van der Waals surface area contributed by atoms with Crippen molar-refractivity contribution in [1.82, 2.24) is 9.80 Å². The molecule has 1 rings (SSSR count). The fourth-order valence-electron chi connectivity index (χ4n) is 1.78. The van der Waals surface area contributed by atoms with Gasteiger partial charge in [-0.25, -0.2) is 0 Å². The van der Waals surface area contributed by atoms with Gasteiger partial charge in [-0.1, -0.05) is 6.92 Å². The second-order valence-electron chi connectivity index (χ2n) is 3.86.